The molecular weight excluding hydrogens is 416 g/mol. The van der Waals surface area contributed by atoms with Crippen molar-refractivity contribution in [3.63, 3.8) is 0 Å². The van der Waals surface area contributed by atoms with Crippen molar-refractivity contribution in [1.82, 2.24) is 14.7 Å². The largest absolute Gasteiger partial charge is 0.493 e. The molecule has 33 heavy (non-hydrogen) atoms. The van der Waals surface area contributed by atoms with Crippen LogP contribution < -0.4 is 14.4 Å². The van der Waals surface area contributed by atoms with E-state index in [1.807, 2.05) is 17.0 Å². The number of benzene rings is 2. The van der Waals surface area contributed by atoms with E-state index >= 15 is 0 Å². The van der Waals surface area contributed by atoms with Gasteiger partial charge in [-0.05, 0) is 42.3 Å². The van der Waals surface area contributed by atoms with Crippen LogP contribution in [0, 0.1) is 6.92 Å². The van der Waals surface area contributed by atoms with Gasteiger partial charge < -0.3 is 19.3 Å². The summed E-state index contributed by atoms with van der Waals surface area (Å²) in [5.74, 6) is 1.80. The number of carbonyl (C=O) groups is 1. The topological polar surface area (TPSA) is 48.5 Å². The molecule has 0 atom stereocenters. The lowest BCUT2D eigenvalue weighted by Crippen LogP contribution is -2.53. The number of hydrogen-bond donors (Lipinski definition) is 0. The molecule has 2 aliphatic heterocycles. The Bertz CT molecular complexity index is 921. The number of piperazine rings is 2. The van der Waals surface area contributed by atoms with E-state index < -0.39 is 0 Å². The Labute approximate surface area is 197 Å². The second-order valence-electron chi connectivity index (χ2n) is 8.89. The highest BCUT2D eigenvalue weighted by molar-refractivity contribution is 5.78. The van der Waals surface area contributed by atoms with Crippen LogP contribution in [0.2, 0.25) is 0 Å². The zero-order valence-corrected chi connectivity index (χ0v) is 20.1. The van der Waals surface area contributed by atoms with Crippen LogP contribution in [0.3, 0.4) is 0 Å². The highest BCUT2D eigenvalue weighted by Crippen LogP contribution is 2.31. The molecule has 2 fully saturated rings. The van der Waals surface area contributed by atoms with E-state index in [2.05, 4.69) is 52.0 Å². The summed E-state index contributed by atoms with van der Waals surface area (Å²) in [6.45, 7) is 10.7. The van der Waals surface area contributed by atoms with Crippen LogP contribution in [0.1, 0.15) is 11.1 Å². The number of hydrogen-bond acceptors (Lipinski definition) is 6. The summed E-state index contributed by atoms with van der Waals surface area (Å²) in [7, 11) is 3.34. The number of aryl methyl sites for hydroxylation is 1. The van der Waals surface area contributed by atoms with Crippen LogP contribution >= 0.6 is 0 Å². The average Bonchev–Trinajstić information content (AvgIpc) is 2.86. The Morgan fingerprint density at radius 1 is 0.818 bits per heavy atom. The van der Waals surface area contributed by atoms with Gasteiger partial charge in [0.05, 0.1) is 20.8 Å². The Balaban J connectivity index is 1.22. The molecule has 2 saturated heterocycles. The van der Waals surface area contributed by atoms with E-state index in [0.29, 0.717) is 6.54 Å². The predicted molar refractivity (Wildman–Crippen MR) is 131 cm³/mol. The Morgan fingerprint density at radius 2 is 1.42 bits per heavy atom. The van der Waals surface area contributed by atoms with Crippen LogP contribution in [0.25, 0.3) is 0 Å². The van der Waals surface area contributed by atoms with Gasteiger partial charge >= 0.3 is 0 Å². The van der Waals surface area contributed by atoms with E-state index in [-0.39, 0.29) is 5.91 Å². The number of ether oxygens (including phenoxy) is 2. The maximum atomic E-state index is 12.9. The van der Waals surface area contributed by atoms with Crippen molar-refractivity contribution in [2.75, 3.05) is 78.0 Å². The fraction of sp³-hybridized carbons (Fsp3) is 0.500. The van der Waals surface area contributed by atoms with Crippen molar-refractivity contribution in [2.24, 2.45) is 0 Å². The third-order valence-corrected chi connectivity index (χ3v) is 6.81. The standard InChI is InChI=1S/C26H36N4O3/c1-21-17-24(32-2)25(33-3)18-22(21)19-27-9-11-28(12-10-27)20-26(31)30-15-13-29(14-16-30)23-7-5-4-6-8-23/h4-8,17-18H,9-16,19-20H2,1-3H3. The molecule has 0 bridgehead atoms. The van der Waals surface area contributed by atoms with Gasteiger partial charge in [-0.2, -0.15) is 0 Å². The van der Waals surface area contributed by atoms with Crippen LogP contribution in [0.4, 0.5) is 5.69 Å². The first-order valence-electron chi connectivity index (χ1n) is 11.8. The second kappa shape index (κ2) is 10.9. The zero-order chi connectivity index (χ0) is 23.2. The molecule has 0 radical (unpaired) electrons. The van der Waals surface area contributed by atoms with Gasteiger partial charge in [-0.3, -0.25) is 14.6 Å². The van der Waals surface area contributed by atoms with Crippen molar-refractivity contribution in [2.45, 2.75) is 13.5 Å². The fourth-order valence-corrected chi connectivity index (χ4v) is 4.68. The first-order chi connectivity index (χ1) is 16.1. The molecule has 0 unspecified atom stereocenters. The Hall–Kier alpha value is -2.77. The van der Waals surface area contributed by atoms with Crippen LogP contribution in [0.5, 0.6) is 11.5 Å². The molecule has 1 amide bonds. The minimum absolute atomic E-state index is 0.256. The van der Waals surface area contributed by atoms with E-state index in [4.69, 9.17) is 9.47 Å². The maximum absolute atomic E-state index is 12.9. The normalized spacial score (nSPS) is 17.8. The summed E-state index contributed by atoms with van der Waals surface area (Å²) >= 11 is 0. The first kappa shape index (κ1) is 23.4. The van der Waals surface area contributed by atoms with E-state index in [0.717, 1.165) is 70.4 Å². The number of para-hydroxylation sites is 1. The van der Waals surface area contributed by atoms with Crippen LogP contribution in [-0.2, 0) is 11.3 Å². The quantitative estimate of drug-likeness (QED) is 0.643. The van der Waals surface area contributed by atoms with Crippen LogP contribution in [0.15, 0.2) is 42.5 Å². The average molecular weight is 453 g/mol. The van der Waals surface area contributed by atoms with Gasteiger partial charge in [0, 0.05) is 64.6 Å². The molecule has 0 N–H and O–H groups in total. The number of amides is 1. The van der Waals surface area contributed by atoms with Crippen molar-refractivity contribution in [3.8, 4) is 11.5 Å². The molecule has 0 saturated carbocycles. The SMILES string of the molecule is COc1cc(C)c(CN2CCN(CC(=O)N3CCN(c4ccccc4)CC3)CC2)cc1OC. The predicted octanol–water partition coefficient (Wildman–Crippen LogP) is 2.48. The lowest BCUT2D eigenvalue weighted by molar-refractivity contribution is -0.133. The number of anilines is 1. The third-order valence-electron chi connectivity index (χ3n) is 6.81. The molecule has 2 aromatic rings. The summed E-state index contributed by atoms with van der Waals surface area (Å²) in [5, 5.41) is 0. The molecule has 2 aromatic carbocycles. The number of nitrogens with zero attached hydrogens (tertiary/aromatic N) is 4. The molecule has 7 heteroatoms. The molecule has 0 aromatic heterocycles. The summed E-state index contributed by atoms with van der Waals surface area (Å²) in [6, 6.07) is 14.6. The lowest BCUT2D eigenvalue weighted by Gasteiger charge is -2.38. The van der Waals surface area contributed by atoms with Crippen molar-refractivity contribution in [3.05, 3.63) is 53.6 Å². The molecular formula is C26H36N4O3. The van der Waals surface area contributed by atoms with Crippen molar-refractivity contribution >= 4 is 11.6 Å². The molecule has 0 aliphatic carbocycles. The molecule has 2 aliphatic rings. The molecule has 178 valence electrons. The number of carbonyl (C=O) groups excluding carboxylic acids is 1. The maximum Gasteiger partial charge on any atom is 0.236 e. The lowest BCUT2D eigenvalue weighted by atomic mass is 10.1. The summed E-state index contributed by atoms with van der Waals surface area (Å²) < 4.78 is 10.9. The smallest absolute Gasteiger partial charge is 0.236 e. The second-order valence-corrected chi connectivity index (χ2v) is 8.89. The van der Waals surface area contributed by atoms with Gasteiger partial charge in [-0.15, -0.1) is 0 Å². The first-order valence-corrected chi connectivity index (χ1v) is 11.8. The van der Waals surface area contributed by atoms with E-state index in [1.165, 1.54) is 16.8 Å². The van der Waals surface area contributed by atoms with Crippen molar-refractivity contribution in [1.29, 1.82) is 0 Å². The number of methoxy groups -OCH3 is 2. The molecule has 0 spiro atoms. The van der Waals surface area contributed by atoms with Gasteiger partial charge in [0.2, 0.25) is 5.91 Å². The molecule has 4 rings (SSSR count). The minimum atomic E-state index is 0.256. The van der Waals surface area contributed by atoms with Gasteiger partial charge in [-0.1, -0.05) is 18.2 Å². The van der Waals surface area contributed by atoms with E-state index in [1.54, 1.807) is 14.2 Å². The van der Waals surface area contributed by atoms with E-state index in [9.17, 15) is 4.79 Å². The summed E-state index contributed by atoms with van der Waals surface area (Å²) in [5.41, 5.74) is 3.71. The molecule has 2 heterocycles. The zero-order valence-electron chi connectivity index (χ0n) is 20.1. The summed E-state index contributed by atoms with van der Waals surface area (Å²) in [6.07, 6.45) is 0. The molecule has 7 nitrogen and oxygen atoms in total. The highest BCUT2D eigenvalue weighted by Gasteiger charge is 2.25. The Kier molecular flexibility index (Phi) is 7.73. The van der Waals surface area contributed by atoms with Gasteiger partial charge in [-0.25, -0.2) is 0 Å². The fourth-order valence-electron chi connectivity index (χ4n) is 4.68. The Morgan fingerprint density at radius 3 is 2.06 bits per heavy atom. The highest BCUT2D eigenvalue weighted by atomic mass is 16.5. The van der Waals surface area contributed by atoms with Gasteiger partial charge in [0.25, 0.3) is 0 Å². The number of rotatable bonds is 7. The van der Waals surface area contributed by atoms with Gasteiger partial charge in [0.1, 0.15) is 0 Å². The van der Waals surface area contributed by atoms with Gasteiger partial charge in [0.15, 0.2) is 11.5 Å². The van der Waals surface area contributed by atoms with Crippen molar-refractivity contribution < 1.29 is 14.3 Å². The summed E-state index contributed by atoms with van der Waals surface area (Å²) in [4.78, 5) is 22.0. The monoisotopic (exact) mass is 452 g/mol. The third kappa shape index (κ3) is 5.78. The minimum Gasteiger partial charge on any atom is -0.493 e. The van der Waals surface area contributed by atoms with Crippen LogP contribution in [-0.4, -0.2) is 93.7 Å².